The van der Waals surface area contributed by atoms with Crippen molar-refractivity contribution in [2.24, 2.45) is 17.6 Å². The van der Waals surface area contributed by atoms with Gasteiger partial charge in [0.05, 0.1) is 0 Å². The number of piperidine rings is 1. The van der Waals surface area contributed by atoms with Gasteiger partial charge in [0.25, 0.3) is 5.91 Å². The molecule has 1 aliphatic heterocycles. The zero-order valence-electron chi connectivity index (χ0n) is 14.0. The van der Waals surface area contributed by atoms with E-state index in [1.165, 1.54) is 6.42 Å². The molecule has 4 heteroatoms. The molecule has 1 saturated heterocycles. The molecule has 0 radical (unpaired) electrons. The van der Waals surface area contributed by atoms with Crippen LogP contribution >= 0.6 is 0 Å². The van der Waals surface area contributed by atoms with Gasteiger partial charge in [-0.05, 0) is 42.9 Å². The summed E-state index contributed by atoms with van der Waals surface area (Å²) in [5, 5.41) is 3.10. The van der Waals surface area contributed by atoms with E-state index in [9.17, 15) is 4.79 Å². The van der Waals surface area contributed by atoms with Crippen molar-refractivity contribution >= 4 is 5.91 Å². The van der Waals surface area contributed by atoms with E-state index in [4.69, 9.17) is 5.73 Å². The van der Waals surface area contributed by atoms with Gasteiger partial charge in [-0.1, -0.05) is 26.0 Å². The summed E-state index contributed by atoms with van der Waals surface area (Å²) in [5.74, 6) is 1.49. The van der Waals surface area contributed by atoms with Gasteiger partial charge >= 0.3 is 0 Å². The molecule has 0 aliphatic carbocycles. The Bertz CT molecular complexity index is 476. The lowest BCUT2D eigenvalue weighted by Crippen LogP contribution is -2.47. The first-order valence-electron chi connectivity index (χ1n) is 8.30. The lowest BCUT2D eigenvalue weighted by Gasteiger charge is -2.36. The number of benzene rings is 1. The third-order valence-corrected chi connectivity index (χ3v) is 4.31. The monoisotopic (exact) mass is 303 g/mol. The Labute approximate surface area is 134 Å². The lowest BCUT2D eigenvalue weighted by molar-refractivity contribution is 0.0905. The van der Waals surface area contributed by atoms with Crippen molar-refractivity contribution in [3.8, 4) is 0 Å². The Morgan fingerprint density at radius 3 is 2.41 bits per heavy atom. The van der Waals surface area contributed by atoms with Crippen molar-refractivity contribution in [2.75, 3.05) is 19.6 Å². The van der Waals surface area contributed by atoms with Crippen LogP contribution in [0.3, 0.4) is 0 Å². The zero-order chi connectivity index (χ0) is 16.1. The minimum absolute atomic E-state index is 0.00539. The van der Waals surface area contributed by atoms with E-state index in [0.29, 0.717) is 12.1 Å². The van der Waals surface area contributed by atoms with E-state index < -0.39 is 0 Å². The van der Waals surface area contributed by atoms with Gasteiger partial charge < -0.3 is 16.0 Å². The standard InChI is InChI=1S/C18H29N3O/c1-13-8-14(2)11-21(10-13)12-15(3)20-18(22)17-6-4-16(9-19)5-7-17/h4-7,13-15H,8-12,19H2,1-3H3,(H,20,22). The van der Waals surface area contributed by atoms with Crippen LogP contribution in [-0.2, 0) is 6.54 Å². The Morgan fingerprint density at radius 1 is 1.27 bits per heavy atom. The van der Waals surface area contributed by atoms with Crippen LogP contribution in [0.1, 0.15) is 43.1 Å². The predicted octanol–water partition coefficient (Wildman–Crippen LogP) is 2.24. The van der Waals surface area contributed by atoms with Crippen LogP contribution in [-0.4, -0.2) is 36.5 Å². The van der Waals surface area contributed by atoms with Crippen LogP contribution in [0, 0.1) is 11.8 Å². The number of carbonyl (C=O) groups is 1. The molecule has 1 heterocycles. The highest BCUT2D eigenvalue weighted by molar-refractivity contribution is 5.94. The lowest BCUT2D eigenvalue weighted by atomic mass is 9.92. The number of nitrogens with two attached hydrogens (primary N) is 1. The Hall–Kier alpha value is -1.39. The van der Waals surface area contributed by atoms with Gasteiger partial charge in [0.15, 0.2) is 0 Å². The molecule has 1 fully saturated rings. The SMILES string of the molecule is CC1CC(C)CN(CC(C)NC(=O)c2ccc(CN)cc2)C1. The quantitative estimate of drug-likeness (QED) is 0.877. The molecule has 2 rings (SSSR count). The van der Waals surface area contributed by atoms with Crippen LogP contribution in [0.2, 0.25) is 0 Å². The molecule has 1 aromatic rings. The highest BCUT2D eigenvalue weighted by atomic mass is 16.1. The van der Waals surface area contributed by atoms with E-state index >= 15 is 0 Å². The van der Waals surface area contributed by atoms with Gasteiger partial charge in [0.2, 0.25) is 0 Å². The van der Waals surface area contributed by atoms with E-state index in [1.807, 2.05) is 24.3 Å². The summed E-state index contributed by atoms with van der Waals surface area (Å²) >= 11 is 0. The minimum atomic E-state index is -0.00539. The molecule has 0 bridgehead atoms. The smallest absolute Gasteiger partial charge is 0.251 e. The number of nitrogens with zero attached hydrogens (tertiary/aromatic N) is 1. The largest absolute Gasteiger partial charge is 0.348 e. The van der Waals surface area contributed by atoms with Gasteiger partial charge in [-0.3, -0.25) is 4.79 Å². The molecule has 1 amide bonds. The van der Waals surface area contributed by atoms with Crippen molar-refractivity contribution in [2.45, 2.75) is 39.8 Å². The molecule has 3 atom stereocenters. The van der Waals surface area contributed by atoms with Crippen LogP contribution in [0.15, 0.2) is 24.3 Å². The molecule has 0 saturated carbocycles. The summed E-state index contributed by atoms with van der Waals surface area (Å²) in [4.78, 5) is 14.7. The molecule has 1 aromatic carbocycles. The fourth-order valence-electron chi connectivity index (χ4n) is 3.47. The summed E-state index contributed by atoms with van der Waals surface area (Å²) < 4.78 is 0. The van der Waals surface area contributed by atoms with Crippen LogP contribution in [0.4, 0.5) is 0 Å². The van der Waals surface area contributed by atoms with Gasteiger partial charge in [0.1, 0.15) is 0 Å². The first kappa shape index (κ1) is 17.0. The van der Waals surface area contributed by atoms with Gasteiger partial charge in [0, 0.05) is 37.8 Å². The van der Waals surface area contributed by atoms with Gasteiger partial charge in [-0.25, -0.2) is 0 Å². The van der Waals surface area contributed by atoms with Crippen molar-refractivity contribution in [1.82, 2.24) is 10.2 Å². The second kappa shape index (κ2) is 7.75. The van der Waals surface area contributed by atoms with Crippen LogP contribution < -0.4 is 11.1 Å². The van der Waals surface area contributed by atoms with Crippen molar-refractivity contribution in [1.29, 1.82) is 0 Å². The Balaban J connectivity index is 1.85. The van der Waals surface area contributed by atoms with E-state index in [1.54, 1.807) is 0 Å². The van der Waals surface area contributed by atoms with Gasteiger partial charge in [-0.2, -0.15) is 0 Å². The summed E-state index contributed by atoms with van der Waals surface area (Å²) in [5.41, 5.74) is 7.32. The minimum Gasteiger partial charge on any atom is -0.348 e. The summed E-state index contributed by atoms with van der Waals surface area (Å²) in [6.07, 6.45) is 1.31. The van der Waals surface area contributed by atoms with Crippen molar-refractivity contribution < 1.29 is 4.79 Å². The first-order chi connectivity index (χ1) is 10.5. The maximum atomic E-state index is 12.3. The number of hydrogen-bond acceptors (Lipinski definition) is 3. The molecule has 1 aliphatic rings. The van der Waals surface area contributed by atoms with E-state index in [-0.39, 0.29) is 11.9 Å². The van der Waals surface area contributed by atoms with Gasteiger partial charge in [-0.15, -0.1) is 0 Å². The number of amides is 1. The molecule has 3 N–H and O–H groups in total. The highest BCUT2D eigenvalue weighted by Gasteiger charge is 2.23. The molecular formula is C18H29N3O. The maximum absolute atomic E-state index is 12.3. The molecule has 3 unspecified atom stereocenters. The number of rotatable bonds is 5. The second-order valence-electron chi connectivity index (χ2n) is 6.94. The summed E-state index contributed by atoms with van der Waals surface area (Å²) in [7, 11) is 0. The fourth-order valence-corrected chi connectivity index (χ4v) is 3.47. The normalized spacial score (nSPS) is 24.0. The number of hydrogen-bond donors (Lipinski definition) is 2. The third-order valence-electron chi connectivity index (χ3n) is 4.31. The topological polar surface area (TPSA) is 58.4 Å². The maximum Gasteiger partial charge on any atom is 0.251 e. The second-order valence-corrected chi connectivity index (χ2v) is 6.94. The first-order valence-corrected chi connectivity index (χ1v) is 8.30. The average Bonchev–Trinajstić information content (AvgIpc) is 2.46. The molecule has 0 spiro atoms. The van der Waals surface area contributed by atoms with Crippen LogP contribution in [0.5, 0.6) is 0 Å². The van der Waals surface area contributed by atoms with E-state index in [2.05, 4.69) is 31.0 Å². The molecule has 0 aromatic heterocycles. The van der Waals surface area contributed by atoms with E-state index in [0.717, 1.165) is 37.0 Å². The molecular weight excluding hydrogens is 274 g/mol. The Morgan fingerprint density at radius 2 is 1.86 bits per heavy atom. The average molecular weight is 303 g/mol. The number of carbonyl (C=O) groups excluding carboxylic acids is 1. The summed E-state index contributed by atoms with van der Waals surface area (Å²) in [6.45, 7) is 10.4. The highest BCUT2D eigenvalue weighted by Crippen LogP contribution is 2.20. The zero-order valence-corrected chi connectivity index (χ0v) is 14.0. The van der Waals surface area contributed by atoms with Crippen molar-refractivity contribution in [3.05, 3.63) is 35.4 Å². The van der Waals surface area contributed by atoms with Crippen molar-refractivity contribution in [3.63, 3.8) is 0 Å². The Kier molecular flexibility index (Phi) is 5.98. The molecule has 122 valence electrons. The number of likely N-dealkylation sites (tertiary alicyclic amines) is 1. The van der Waals surface area contributed by atoms with Crippen LogP contribution in [0.25, 0.3) is 0 Å². The summed E-state index contributed by atoms with van der Waals surface area (Å²) in [6, 6.07) is 7.66. The third kappa shape index (κ3) is 4.82. The predicted molar refractivity (Wildman–Crippen MR) is 90.6 cm³/mol. The molecule has 4 nitrogen and oxygen atoms in total. The number of nitrogens with one attached hydrogen (secondary N) is 1. The molecule has 22 heavy (non-hydrogen) atoms. The fraction of sp³-hybridized carbons (Fsp3) is 0.611.